The smallest absolute Gasteiger partial charge is 0.306 e. The monoisotopic (exact) mass is 294 g/mol. The maximum atomic E-state index is 10.9. The van der Waals surface area contributed by atoms with E-state index in [1.165, 1.54) is 11.1 Å². The summed E-state index contributed by atoms with van der Waals surface area (Å²) in [6, 6.07) is 8.40. The van der Waals surface area contributed by atoms with Gasteiger partial charge in [-0.2, -0.15) is 11.8 Å². The zero-order valence-electron chi connectivity index (χ0n) is 11.8. The molecule has 1 aromatic rings. The summed E-state index contributed by atoms with van der Waals surface area (Å²) in [6.07, 6.45) is 2.39. The van der Waals surface area contributed by atoms with Gasteiger partial charge in [0.1, 0.15) is 0 Å². The Kier molecular flexibility index (Phi) is 5.11. The lowest BCUT2D eigenvalue weighted by molar-refractivity contribution is -0.144. The Morgan fingerprint density at radius 3 is 2.70 bits per heavy atom. The highest BCUT2D eigenvalue weighted by atomic mass is 32.2. The molecule has 20 heavy (non-hydrogen) atoms. The quantitative estimate of drug-likeness (QED) is 0.875. The standard InChI is InChI=1S/C16H22O3S/c1-12-3-2-4-13(9-12)10-20-11-16(19)7-5-14(6-8-16)15(17)18/h2-4,9,14,19H,5-8,10-11H2,1H3,(H,17,18). The molecule has 4 heteroatoms. The molecule has 0 radical (unpaired) electrons. The third-order valence-corrected chi connectivity index (χ3v) is 5.27. The largest absolute Gasteiger partial charge is 0.481 e. The molecule has 0 aromatic heterocycles. The van der Waals surface area contributed by atoms with Gasteiger partial charge in [-0.25, -0.2) is 0 Å². The maximum absolute atomic E-state index is 10.9. The summed E-state index contributed by atoms with van der Waals surface area (Å²) in [5.74, 6) is 0.594. The fraction of sp³-hybridized carbons (Fsp3) is 0.562. The van der Waals surface area contributed by atoms with Gasteiger partial charge in [0.05, 0.1) is 11.5 Å². The van der Waals surface area contributed by atoms with Crippen molar-refractivity contribution in [3.8, 4) is 0 Å². The Morgan fingerprint density at radius 1 is 1.40 bits per heavy atom. The van der Waals surface area contributed by atoms with Crippen molar-refractivity contribution in [1.29, 1.82) is 0 Å². The fourth-order valence-electron chi connectivity index (χ4n) is 2.71. The number of aryl methyl sites for hydroxylation is 1. The van der Waals surface area contributed by atoms with Gasteiger partial charge in [-0.15, -0.1) is 0 Å². The van der Waals surface area contributed by atoms with Crippen molar-refractivity contribution in [3.05, 3.63) is 35.4 Å². The minimum absolute atomic E-state index is 0.267. The molecule has 3 nitrogen and oxygen atoms in total. The maximum Gasteiger partial charge on any atom is 0.306 e. The predicted octanol–water partition coefficient (Wildman–Crippen LogP) is 3.23. The lowest BCUT2D eigenvalue weighted by Crippen LogP contribution is -2.38. The number of thioether (sulfide) groups is 1. The van der Waals surface area contributed by atoms with Crippen LogP contribution in [-0.2, 0) is 10.5 Å². The number of aliphatic carboxylic acids is 1. The second-order valence-corrected chi connectivity index (χ2v) is 6.80. The van der Waals surface area contributed by atoms with Gasteiger partial charge in [0.2, 0.25) is 0 Å². The number of aliphatic hydroxyl groups is 1. The zero-order chi connectivity index (χ0) is 14.6. The van der Waals surface area contributed by atoms with Crippen LogP contribution in [0.15, 0.2) is 24.3 Å². The van der Waals surface area contributed by atoms with Gasteiger partial charge in [-0.3, -0.25) is 4.79 Å². The molecular formula is C16H22O3S. The Hall–Kier alpha value is -1.00. The molecule has 0 aliphatic heterocycles. The van der Waals surface area contributed by atoms with E-state index in [0.717, 1.165) is 5.75 Å². The van der Waals surface area contributed by atoms with Crippen LogP contribution in [0.3, 0.4) is 0 Å². The van der Waals surface area contributed by atoms with Crippen LogP contribution in [-0.4, -0.2) is 27.5 Å². The van der Waals surface area contributed by atoms with E-state index < -0.39 is 11.6 Å². The molecule has 0 bridgehead atoms. The lowest BCUT2D eigenvalue weighted by atomic mass is 9.80. The van der Waals surface area contributed by atoms with Gasteiger partial charge in [0.25, 0.3) is 0 Å². The number of rotatable bonds is 5. The average molecular weight is 294 g/mol. The number of carboxylic acid groups (broad SMARTS) is 1. The van der Waals surface area contributed by atoms with Crippen LogP contribution >= 0.6 is 11.8 Å². The van der Waals surface area contributed by atoms with E-state index in [4.69, 9.17) is 5.11 Å². The summed E-state index contributed by atoms with van der Waals surface area (Å²) < 4.78 is 0. The number of hydrogen-bond donors (Lipinski definition) is 2. The van der Waals surface area contributed by atoms with Crippen molar-refractivity contribution in [1.82, 2.24) is 0 Å². The molecular weight excluding hydrogens is 272 g/mol. The fourth-order valence-corrected chi connectivity index (χ4v) is 3.89. The summed E-state index contributed by atoms with van der Waals surface area (Å²) in [5.41, 5.74) is 1.85. The van der Waals surface area contributed by atoms with Crippen LogP contribution in [0.4, 0.5) is 0 Å². The molecule has 110 valence electrons. The van der Waals surface area contributed by atoms with Crippen molar-refractivity contribution >= 4 is 17.7 Å². The summed E-state index contributed by atoms with van der Waals surface area (Å²) >= 11 is 1.73. The minimum Gasteiger partial charge on any atom is -0.481 e. The summed E-state index contributed by atoms with van der Waals surface area (Å²) in [7, 11) is 0. The normalized spacial score (nSPS) is 26.4. The molecule has 0 spiro atoms. The van der Waals surface area contributed by atoms with E-state index >= 15 is 0 Å². The SMILES string of the molecule is Cc1cccc(CSCC2(O)CCC(C(=O)O)CC2)c1. The molecule has 2 N–H and O–H groups in total. The van der Waals surface area contributed by atoms with Gasteiger partial charge < -0.3 is 10.2 Å². The van der Waals surface area contributed by atoms with Crippen molar-refractivity contribution in [2.45, 2.75) is 44.0 Å². The summed E-state index contributed by atoms with van der Waals surface area (Å²) in [5, 5.41) is 19.5. The van der Waals surface area contributed by atoms with Crippen LogP contribution in [0.2, 0.25) is 0 Å². The summed E-state index contributed by atoms with van der Waals surface area (Å²) in [4.78, 5) is 10.9. The highest BCUT2D eigenvalue weighted by molar-refractivity contribution is 7.98. The third-order valence-electron chi connectivity index (χ3n) is 3.99. The Bertz CT molecular complexity index is 465. The molecule has 1 aliphatic carbocycles. The van der Waals surface area contributed by atoms with Crippen LogP contribution in [0.1, 0.15) is 36.8 Å². The topological polar surface area (TPSA) is 57.5 Å². The van der Waals surface area contributed by atoms with Crippen LogP contribution in [0, 0.1) is 12.8 Å². The number of carbonyl (C=O) groups is 1. The molecule has 1 aromatic carbocycles. The van der Waals surface area contributed by atoms with Gasteiger partial charge in [-0.05, 0) is 38.2 Å². The highest BCUT2D eigenvalue weighted by Crippen LogP contribution is 2.35. The molecule has 1 fully saturated rings. The van der Waals surface area contributed by atoms with Crippen molar-refractivity contribution in [2.24, 2.45) is 5.92 Å². The number of carboxylic acids is 1. The zero-order valence-corrected chi connectivity index (χ0v) is 12.7. The number of hydrogen-bond acceptors (Lipinski definition) is 3. The van der Waals surface area contributed by atoms with E-state index in [-0.39, 0.29) is 5.92 Å². The number of benzene rings is 1. The molecule has 2 rings (SSSR count). The highest BCUT2D eigenvalue weighted by Gasteiger charge is 2.35. The van der Waals surface area contributed by atoms with E-state index in [1.54, 1.807) is 11.8 Å². The van der Waals surface area contributed by atoms with E-state index in [0.29, 0.717) is 31.4 Å². The first kappa shape index (κ1) is 15.4. The first-order valence-corrected chi connectivity index (χ1v) is 8.22. The molecule has 1 aliphatic rings. The van der Waals surface area contributed by atoms with Gasteiger partial charge in [0.15, 0.2) is 0 Å². The average Bonchev–Trinajstić information content (AvgIpc) is 2.39. The Labute approximate surface area is 124 Å². The third kappa shape index (κ3) is 4.25. The van der Waals surface area contributed by atoms with E-state index in [2.05, 4.69) is 31.2 Å². The molecule has 1 saturated carbocycles. The van der Waals surface area contributed by atoms with Crippen molar-refractivity contribution in [2.75, 3.05) is 5.75 Å². The van der Waals surface area contributed by atoms with Crippen molar-refractivity contribution < 1.29 is 15.0 Å². The van der Waals surface area contributed by atoms with E-state index in [1.807, 2.05) is 0 Å². The first-order valence-electron chi connectivity index (χ1n) is 7.07. The second-order valence-electron chi connectivity index (χ2n) is 5.82. The van der Waals surface area contributed by atoms with Crippen LogP contribution in [0.5, 0.6) is 0 Å². The van der Waals surface area contributed by atoms with Crippen molar-refractivity contribution in [3.63, 3.8) is 0 Å². The molecule has 0 unspecified atom stereocenters. The van der Waals surface area contributed by atoms with Gasteiger partial charge >= 0.3 is 5.97 Å². The van der Waals surface area contributed by atoms with Gasteiger partial charge in [-0.1, -0.05) is 29.8 Å². The van der Waals surface area contributed by atoms with Crippen LogP contribution in [0.25, 0.3) is 0 Å². The molecule has 0 atom stereocenters. The Morgan fingerprint density at radius 2 is 2.10 bits per heavy atom. The second kappa shape index (κ2) is 6.64. The van der Waals surface area contributed by atoms with E-state index in [9.17, 15) is 9.90 Å². The minimum atomic E-state index is -0.723. The van der Waals surface area contributed by atoms with Crippen LogP contribution < -0.4 is 0 Å². The molecule has 0 heterocycles. The molecule has 0 saturated heterocycles. The Balaban J connectivity index is 1.78. The predicted molar refractivity (Wildman–Crippen MR) is 81.9 cm³/mol. The first-order chi connectivity index (χ1) is 9.48. The summed E-state index contributed by atoms with van der Waals surface area (Å²) in [6.45, 7) is 2.08. The van der Waals surface area contributed by atoms with Gasteiger partial charge in [0, 0.05) is 11.5 Å². The molecule has 0 amide bonds. The lowest BCUT2D eigenvalue weighted by Gasteiger charge is -2.34.